The molecule has 0 saturated carbocycles. The van der Waals surface area contributed by atoms with Crippen molar-refractivity contribution in [2.45, 2.75) is 26.1 Å². The third-order valence-corrected chi connectivity index (χ3v) is 4.83. The topological polar surface area (TPSA) is 75.7 Å². The molecule has 0 bridgehead atoms. The summed E-state index contributed by atoms with van der Waals surface area (Å²) in [5.74, 6) is -1.36. The van der Waals surface area contributed by atoms with Gasteiger partial charge in [-0.25, -0.2) is 0 Å². The van der Waals surface area contributed by atoms with E-state index < -0.39 is 12.1 Å². The van der Waals surface area contributed by atoms with Crippen LogP contribution in [0.25, 0.3) is 0 Å². The first-order valence-corrected chi connectivity index (χ1v) is 10.4. The number of esters is 1. The first-order chi connectivity index (χ1) is 15.5. The van der Waals surface area contributed by atoms with Gasteiger partial charge in [-0.15, -0.1) is 0 Å². The number of hydrogen-bond donors (Lipinski definition) is 1. The summed E-state index contributed by atoms with van der Waals surface area (Å²) in [4.78, 5) is 39.1. The lowest BCUT2D eigenvalue weighted by molar-refractivity contribution is -0.158. The molecule has 6 heteroatoms. The second-order valence-electron chi connectivity index (χ2n) is 7.35. The molecule has 0 saturated heterocycles. The predicted octanol–water partition coefficient (Wildman–Crippen LogP) is 3.58. The highest BCUT2D eigenvalue weighted by Crippen LogP contribution is 2.13. The lowest BCUT2D eigenvalue weighted by atomic mass is 10.1. The van der Waals surface area contributed by atoms with E-state index in [0.717, 1.165) is 11.1 Å². The Morgan fingerprint density at radius 3 is 1.75 bits per heavy atom. The van der Waals surface area contributed by atoms with Crippen LogP contribution in [-0.4, -0.2) is 35.3 Å². The van der Waals surface area contributed by atoms with Crippen molar-refractivity contribution in [3.05, 3.63) is 108 Å². The largest absolute Gasteiger partial charge is 0.451 e. The van der Waals surface area contributed by atoms with Crippen LogP contribution in [0.1, 0.15) is 28.4 Å². The average Bonchev–Trinajstić information content (AvgIpc) is 2.83. The Morgan fingerprint density at radius 1 is 0.781 bits per heavy atom. The summed E-state index contributed by atoms with van der Waals surface area (Å²) in [5, 5.41) is 2.51. The zero-order valence-corrected chi connectivity index (χ0v) is 17.9. The van der Waals surface area contributed by atoms with E-state index in [1.165, 1.54) is 0 Å². The van der Waals surface area contributed by atoms with E-state index in [9.17, 15) is 14.4 Å². The fraction of sp³-hybridized carbons (Fsp3) is 0.192. The van der Waals surface area contributed by atoms with Gasteiger partial charge in [0.05, 0.1) is 0 Å². The van der Waals surface area contributed by atoms with Gasteiger partial charge in [-0.2, -0.15) is 0 Å². The van der Waals surface area contributed by atoms with Gasteiger partial charge in [-0.3, -0.25) is 14.4 Å². The third kappa shape index (κ3) is 6.80. The van der Waals surface area contributed by atoms with E-state index in [4.69, 9.17) is 4.74 Å². The van der Waals surface area contributed by atoms with Crippen molar-refractivity contribution in [2.75, 3.05) is 6.54 Å². The second-order valence-corrected chi connectivity index (χ2v) is 7.35. The van der Waals surface area contributed by atoms with Crippen LogP contribution in [0.15, 0.2) is 91.0 Å². The maximum Gasteiger partial charge on any atom is 0.326 e. The van der Waals surface area contributed by atoms with Crippen LogP contribution in [-0.2, 0) is 27.4 Å². The van der Waals surface area contributed by atoms with Crippen molar-refractivity contribution in [1.29, 1.82) is 0 Å². The zero-order valence-electron chi connectivity index (χ0n) is 17.9. The summed E-state index contributed by atoms with van der Waals surface area (Å²) >= 11 is 0. The fourth-order valence-electron chi connectivity index (χ4n) is 3.21. The number of carbonyl (C=O) groups is 3. The molecule has 32 heavy (non-hydrogen) atoms. The van der Waals surface area contributed by atoms with Gasteiger partial charge in [0, 0.05) is 18.7 Å². The monoisotopic (exact) mass is 430 g/mol. The molecule has 0 heterocycles. The van der Waals surface area contributed by atoms with Crippen molar-refractivity contribution in [3.8, 4) is 0 Å². The summed E-state index contributed by atoms with van der Waals surface area (Å²) < 4.78 is 5.31. The van der Waals surface area contributed by atoms with Crippen LogP contribution in [0.2, 0.25) is 0 Å². The summed E-state index contributed by atoms with van der Waals surface area (Å²) in [6.07, 6.45) is -0.983. The molecule has 0 aliphatic rings. The maximum absolute atomic E-state index is 13.1. The van der Waals surface area contributed by atoms with Crippen LogP contribution in [0.5, 0.6) is 0 Å². The quantitative estimate of drug-likeness (QED) is 0.527. The summed E-state index contributed by atoms with van der Waals surface area (Å²) in [6, 6.07) is 27.9. The highest BCUT2D eigenvalue weighted by Gasteiger charge is 2.24. The number of rotatable bonds is 9. The maximum atomic E-state index is 13.1. The molecule has 1 N–H and O–H groups in total. The van der Waals surface area contributed by atoms with Crippen molar-refractivity contribution >= 4 is 17.8 Å². The minimum absolute atomic E-state index is 0.305. The lowest BCUT2D eigenvalue weighted by Gasteiger charge is -2.26. The molecule has 0 fully saturated rings. The minimum atomic E-state index is -0.983. The first-order valence-electron chi connectivity index (χ1n) is 10.4. The highest BCUT2D eigenvalue weighted by atomic mass is 16.5. The van der Waals surface area contributed by atoms with Gasteiger partial charge in [0.1, 0.15) is 6.54 Å². The van der Waals surface area contributed by atoms with Crippen molar-refractivity contribution < 1.29 is 19.1 Å². The van der Waals surface area contributed by atoms with Crippen LogP contribution in [0, 0.1) is 0 Å². The van der Waals surface area contributed by atoms with Gasteiger partial charge >= 0.3 is 5.97 Å². The van der Waals surface area contributed by atoms with E-state index in [1.807, 2.05) is 60.7 Å². The third-order valence-electron chi connectivity index (χ3n) is 4.83. The normalized spacial score (nSPS) is 11.3. The number of benzene rings is 3. The standard InChI is InChI=1S/C26H26N2O4/c1-20(32-24(29)17-27-25(30)23-15-9-4-10-16-23)26(31)28(18-21-11-5-2-6-12-21)19-22-13-7-3-8-14-22/h2-16,20H,17-19H2,1H3,(H,27,30). The Bertz CT molecular complexity index is 982. The molecule has 0 aliphatic heterocycles. The molecular weight excluding hydrogens is 404 g/mol. The molecule has 1 atom stereocenters. The predicted molar refractivity (Wildman–Crippen MR) is 121 cm³/mol. The fourth-order valence-corrected chi connectivity index (χ4v) is 3.21. The number of ether oxygens (including phenoxy) is 1. The lowest BCUT2D eigenvalue weighted by Crippen LogP contribution is -2.41. The van der Waals surface area contributed by atoms with Crippen LogP contribution >= 0.6 is 0 Å². The molecule has 3 rings (SSSR count). The Balaban J connectivity index is 1.60. The van der Waals surface area contributed by atoms with Crippen molar-refractivity contribution in [1.82, 2.24) is 10.2 Å². The van der Waals surface area contributed by atoms with Crippen LogP contribution in [0.4, 0.5) is 0 Å². The molecule has 0 radical (unpaired) electrons. The minimum Gasteiger partial charge on any atom is -0.451 e. The van der Waals surface area contributed by atoms with E-state index >= 15 is 0 Å². The van der Waals surface area contributed by atoms with Crippen molar-refractivity contribution in [3.63, 3.8) is 0 Å². The van der Waals surface area contributed by atoms with E-state index in [-0.39, 0.29) is 18.4 Å². The average molecular weight is 431 g/mol. The molecule has 1 unspecified atom stereocenters. The number of carbonyl (C=O) groups excluding carboxylic acids is 3. The molecule has 0 aliphatic carbocycles. The number of nitrogens with one attached hydrogen (secondary N) is 1. The molecule has 164 valence electrons. The Morgan fingerprint density at radius 2 is 1.25 bits per heavy atom. The molecule has 3 aromatic rings. The first kappa shape index (κ1) is 22.7. The molecule has 2 amide bonds. The molecular formula is C26H26N2O4. The van der Waals surface area contributed by atoms with Gasteiger partial charge < -0.3 is 15.0 Å². The van der Waals surface area contributed by atoms with E-state index in [2.05, 4.69) is 5.32 Å². The zero-order chi connectivity index (χ0) is 22.8. The summed E-state index contributed by atoms with van der Waals surface area (Å²) in [7, 11) is 0. The smallest absolute Gasteiger partial charge is 0.326 e. The van der Waals surface area contributed by atoms with E-state index in [1.54, 1.807) is 42.2 Å². The SMILES string of the molecule is CC(OC(=O)CNC(=O)c1ccccc1)C(=O)N(Cc1ccccc1)Cc1ccccc1. The number of nitrogens with zero attached hydrogens (tertiary/aromatic N) is 1. The molecule has 0 spiro atoms. The van der Waals surface area contributed by atoms with Crippen LogP contribution in [0.3, 0.4) is 0 Å². The molecule has 3 aromatic carbocycles. The Labute approximate surface area is 187 Å². The highest BCUT2D eigenvalue weighted by molar-refractivity contribution is 5.96. The Hall–Kier alpha value is -3.93. The van der Waals surface area contributed by atoms with Gasteiger partial charge in [-0.1, -0.05) is 78.9 Å². The van der Waals surface area contributed by atoms with Crippen LogP contribution < -0.4 is 5.32 Å². The van der Waals surface area contributed by atoms with Gasteiger partial charge in [0.2, 0.25) is 0 Å². The van der Waals surface area contributed by atoms with Gasteiger partial charge in [-0.05, 0) is 30.2 Å². The van der Waals surface area contributed by atoms with Crippen molar-refractivity contribution in [2.24, 2.45) is 0 Å². The second kappa shape index (κ2) is 11.5. The van der Waals surface area contributed by atoms with Gasteiger partial charge in [0.25, 0.3) is 11.8 Å². The van der Waals surface area contributed by atoms with Gasteiger partial charge in [0.15, 0.2) is 6.10 Å². The van der Waals surface area contributed by atoms with E-state index in [0.29, 0.717) is 18.7 Å². The Kier molecular flexibility index (Phi) is 8.15. The summed E-state index contributed by atoms with van der Waals surface area (Å²) in [5.41, 5.74) is 2.40. The molecule has 6 nitrogen and oxygen atoms in total. The molecule has 0 aromatic heterocycles. The number of amides is 2. The number of hydrogen-bond acceptors (Lipinski definition) is 4. The summed E-state index contributed by atoms with van der Waals surface area (Å²) in [6.45, 7) is 2.01.